The highest BCUT2D eigenvalue weighted by Gasteiger charge is 2.19. The van der Waals surface area contributed by atoms with Gasteiger partial charge in [0.2, 0.25) is 0 Å². The van der Waals surface area contributed by atoms with Crippen molar-refractivity contribution in [1.29, 1.82) is 0 Å². The van der Waals surface area contributed by atoms with Crippen LogP contribution in [0.1, 0.15) is 342 Å². The van der Waals surface area contributed by atoms with Gasteiger partial charge in [-0.15, -0.1) is 0 Å². The summed E-state index contributed by atoms with van der Waals surface area (Å²) in [5.74, 6) is -0.867. The fourth-order valence-electron chi connectivity index (χ4n) is 9.35. The first-order chi connectivity index (χ1) is 35.0. The van der Waals surface area contributed by atoms with Gasteiger partial charge in [0.25, 0.3) is 0 Å². The zero-order valence-electron chi connectivity index (χ0n) is 47.8. The van der Waals surface area contributed by atoms with E-state index >= 15 is 0 Å². The summed E-state index contributed by atoms with van der Waals surface area (Å²) in [5.41, 5.74) is 0. The molecule has 0 aliphatic carbocycles. The van der Waals surface area contributed by atoms with Gasteiger partial charge in [-0.1, -0.05) is 282 Å². The number of rotatable bonds is 58. The molecule has 0 aromatic rings. The van der Waals surface area contributed by atoms with Crippen molar-refractivity contribution in [1.82, 2.24) is 0 Å². The van der Waals surface area contributed by atoms with E-state index in [1.807, 2.05) is 0 Å². The van der Waals surface area contributed by atoms with Gasteiger partial charge in [0, 0.05) is 19.3 Å². The number of carbonyl (C=O) groups excluding carboxylic acids is 3. The number of carbonyl (C=O) groups is 3. The lowest BCUT2D eigenvalue weighted by Crippen LogP contribution is -2.30. The first kappa shape index (κ1) is 68.6. The van der Waals surface area contributed by atoms with Gasteiger partial charge in [-0.3, -0.25) is 14.4 Å². The highest BCUT2D eigenvalue weighted by molar-refractivity contribution is 5.71. The van der Waals surface area contributed by atoms with Gasteiger partial charge in [-0.05, 0) is 77.0 Å². The standard InChI is InChI=1S/C65H120O6/c1-4-7-10-13-16-19-22-25-28-30-32-34-37-40-43-46-49-52-55-58-64(67)70-61-62(60-69-63(66)57-54-51-48-45-42-39-36-27-24-21-18-15-12-9-6-3)71-65(68)59-56-53-50-47-44-41-38-35-33-31-29-26-23-20-17-14-11-8-5-2/h18,21,26-27,29,36,62H,4-17,19-20,22-25,28,30-35,37-61H2,1-3H3/b21-18-,29-26-,36-27-/t62-/m1/s1. The molecule has 6 heteroatoms. The maximum Gasteiger partial charge on any atom is 0.306 e. The maximum atomic E-state index is 12.9. The van der Waals surface area contributed by atoms with Gasteiger partial charge >= 0.3 is 17.9 Å². The zero-order chi connectivity index (χ0) is 51.4. The molecule has 1 atom stereocenters. The normalized spacial score (nSPS) is 12.2. The Morgan fingerprint density at radius 3 is 0.817 bits per heavy atom. The summed E-state index contributed by atoms with van der Waals surface area (Å²) in [4.78, 5) is 38.3. The second-order valence-electron chi connectivity index (χ2n) is 21.3. The molecule has 71 heavy (non-hydrogen) atoms. The average Bonchev–Trinajstić information content (AvgIpc) is 3.37. The number of unbranched alkanes of at least 4 members (excludes halogenated alkanes) is 41. The lowest BCUT2D eigenvalue weighted by Gasteiger charge is -2.18. The second-order valence-corrected chi connectivity index (χ2v) is 21.3. The molecular weight excluding hydrogens is 877 g/mol. The molecule has 0 unspecified atom stereocenters. The van der Waals surface area contributed by atoms with Crippen molar-refractivity contribution in [3.63, 3.8) is 0 Å². The van der Waals surface area contributed by atoms with Crippen LogP contribution in [0.4, 0.5) is 0 Å². The van der Waals surface area contributed by atoms with E-state index in [-0.39, 0.29) is 31.1 Å². The Hall–Kier alpha value is -2.37. The van der Waals surface area contributed by atoms with Gasteiger partial charge in [0.15, 0.2) is 6.10 Å². The summed E-state index contributed by atoms with van der Waals surface area (Å²) in [5, 5.41) is 0. The third-order valence-corrected chi connectivity index (χ3v) is 14.1. The summed E-state index contributed by atoms with van der Waals surface area (Å²) >= 11 is 0. The first-order valence-corrected chi connectivity index (χ1v) is 31.5. The van der Waals surface area contributed by atoms with Crippen molar-refractivity contribution in [3.8, 4) is 0 Å². The zero-order valence-corrected chi connectivity index (χ0v) is 47.8. The van der Waals surface area contributed by atoms with Crippen LogP contribution in [0.2, 0.25) is 0 Å². The van der Waals surface area contributed by atoms with Crippen LogP contribution in [0.5, 0.6) is 0 Å². The molecular formula is C65H120O6. The summed E-state index contributed by atoms with van der Waals surface area (Å²) in [6, 6.07) is 0. The Bertz CT molecular complexity index is 1190. The van der Waals surface area contributed by atoms with Crippen molar-refractivity contribution < 1.29 is 28.6 Å². The van der Waals surface area contributed by atoms with Crippen molar-refractivity contribution in [2.24, 2.45) is 0 Å². The highest BCUT2D eigenvalue weighted by atomic mass is 16.6. The quantitative estimate of drug-likeness (QED) is 0.0261. The Balaban J connectivity index is 4.33. The van der Waals surface area contributed by atoms with Gasteiger partial charge in [-0.2, -0.15) is 0 Å². The van der Waals surface area contributed by atoms with E-state index in [4.69, 9.17) is 14.2 Å². The lowest BCUT2D eigenvalue weighted by molar-refractivity contribution is -0.167. The maximum absolute atomic E-state index is 12.9. The summed E-state index contributed by atoms with van der Waals surface area (Å²) in [6.45, 7) is 6.65. The summed E-state index contributed by atoms with van der Waals surface area (Å²) < 4.78 is 16.9. The minimum atomic E-state index is -0.777. The number of allylic oxidation sites excluding steroid dienone is 6. The van der Waals surface area contributed by atoms with E-state index < -0.39 is 6.10 Å². The van der Waals surface area contributed by atoms with Crippen LogP contribution < -0.4 is 0 Å². The van der Waals surface area contributed by atoms with Gasteiger partial charge in [0.1, 0.15) is 13.2 Å². The molecule has 0 radical (unpaired) electrons. The molecule has 0 aromatic heterocycles. The Labute approximate surface area is 442 Å². The predicted molar refractivity (Wildman–Crippen MR) is 307 cm³/mol. The topological polar surface area (TPSA) is 78.9 Å². The molecule has 0 bridgehead atoms. The van der Waals surface area contributed by atoms with Crippen LogP contribution in [0.15, 0.2) is 36.5 Å². The molecule has 416 valence electrons. The fourth-order valence-corrected chi connectivity index (χ4v) is 9.35. The molecule has 0 amide bonds. The third kappa shape index (κ3) is 58.4. The van der Waals surface area contributed by atoms with Crippen molar-refractivity contribution in [2.75, 3.05) is 13.2 Å². The third-order valence-electron chi connectivity index (χ3n) is 14.1. The second kappa shape index (κ2) is 60.2. The molecule has 0 N–H and O–H groups in total. The summed E-state index contributed by atoms with van der Waals surface area (Å²) in [7, 11) is 0. The van der Waals surface area contributed by atoms with E-state index in [0.29, 0.717) is 19.3 Å². The van der Waals surface area contributed by atoms with Gasteiger partial charge in [0.05, 0.1) is 0 Å². The minimum Gasteiger partial charge on any atom is -0.462 e. The highest BCUT2D eigenvalue weighted by Crippen LogP contribution is 2.17. The molecule has 0 heterocycles. The van der Waals surface area contributed by atoms with Gasteiger partial charge in [-0.25, -0.2) is 0 Å². The van der Waals surface area contributed by atoms with Crippen LogP contribution >= 0.6 is 0 Å². The number of esters is 3. The van der Waals surface area contributed by atoms with E-state index in [2.05, 4.69) is 57.2 Å². The van der Waals surface area contributed by atoms with Crippen LogP contribution in [-0.4, -0.2) is 37.2 Å². The Morgan fingerprint density at radius 1 is 0.282 bits per heavy atom. The molecule has 0 saturated carbocycles. The van der Waals surface area contributed by atoms with Crippen LogP contribution in [0.25, 0.3) is 0 Å². The van der Waals surface area contributed by atoms with Crippen molar-refractivity contribution >= 4 is 17.9 Å². The molecule has 0 spiro atoms. The predicted octanol–water partition coefficient (Wildman–Crippen LogP) is 21.2. The van der Waals surface area contributed by atoms with Crippen LogP contribution in [0.3, 0.4) is 0 Å². The number of hydrogen-bond acceptors (Lipinski definition) is 6. The van der Waals surface area contributed by atoms with Crippen molar-refractivity contribution in [3.05, 3.63) is 36.5 Å². The van der Waals surface area contributed by atoms with E-state index in [1.54, 1.807) is 0 Å². The van der Waals surface area contributed by atoms with Crippen molar-refractivity contribution in [2.45, 2.75) is 348 Å². The molecule has 0 fully saturated rings. The first-order valence-electron chi connectivity index (χ1n) is 31.5. The summed E-state index contributed by atoms with van der Waals surface area (Å²) in [6.07, 6.45) is 72.8. The van der Waals surface area contributed by atoms with E-state index in [0.717, 1.165) is 77.0 Å². The molecule has 0 aromatic carbocycles. The number of ether oxygens (including phenoxy) is 3. The fraction of sp³-hybridized carbons (Fsp3) is 0.862. The monoisotopic (exact) mass is 997 g/mol. The van der Waals surface area contributed by atoms with E-state index in [9.17, 15) is 14.4 Å². The molecule has 6 nitrogen and oxygen atoms in total. The lowest BCUT2D eigenvalue weighted by atomic mass is 10.0. The van der Waals surface area contributed by atoms with Crippen LogP contribution in [-0.2, 0) is 28.6 Å². The number of hydrogen-bond donors (Lipinski definition) is 0. The molecule has 0 rings (SSSR count). The molecule has 0 saturated heterocycles. The molecule has 0 aliphatic heterocycles. The smallest absolute Gasteiger partial charge is 0.306 e. The molecule has 0 aliphatic rings. The van der Waals surface area contributed by atoms with Crippen LogP contribution in [0, 0.1) is 0 Å². The Kier molecular flexibility index (Phi) is 58.2. The van der Waals surface area contributed by atoms with Gasteiger partial charge < -0.3 is 14.2 Å². The average molecular weight is 998 g/mol. The minimum absolute atomic E-state index is 0.0733. The largest absolute Gasteiger partial charge is 0.462 e. The van der Waals surface area contributed by atoms with E-state index in [1.165, 1.54) is 225 Å². The Morgan fingerprint density at radius 2 is 0.507 bits per heavy atom. The SMILES string of the molecule is CCCCC/C=C\C/C=C\CCCCCCCC(=O)OC[C@H](COC(=O)CCCCCCCCCCCCCCCCCCCCC)OC(=O)CCCCCCCCCCC/C=C\CCCCCCCC.